The molecular formula is C28H24N2O2. The van der Waals surface area contributed by atoms with Gasteiger partial charge in [-0.2, -0.15) is 0 Å². The predicted molar refractivity (Wildman–Crippen MR) is 130 cm³/mol. The van der Waals surface area contributed by atoms with Gasteiger partial charge in [0.05, 0.1) is 0 Å². The van der Waals surface area contributed by atoms with Crippen LogP contribution in [0.3, 0.4) is 0 Å². The van der Waals surface area contributed by atoms with E-state index in [1.807, 2.05) is 60.7 Å². The molecule has 0 spiro atoms. The number of hydrogen-bond donors (Lipinski definition) is 2. The Kier molecular flexibility index (Phi) is 6.73. The van der Waals surface area contributed by atoms with Gasteiger partial charge in [-0.15, -0.1) is 0 Å². The maximum Gasteiger partial charge on any atom is 0.244 e. The van der Waals surface area contributed by atoms with Crippen molar-refractivity contribution in [3.63, 3.8) is 0 Å². The molecule has 0 bridgehead atoms. The highest BCUT2D eigenvalue weighted by molar-refractivity contribution is 5.91. The number of allylic oxidation sites excluding steroid dienone is 2. The van der Waals surface area contributed by atoms with Crippen LogP contribution in [0.2, 0.25) is 0 Å². The first-order valence-electron chi connectivity index (χ1n) is 10.5. The fraction of sp³-hybridized carbons (Fsp3) is 0.0714. The Hall–Kier alpha value is -4.18. The summed E-state index contributed by atoms with van der Waals surface area (Å²) in [5.74, 6) is -0.419. The van der Waals surface area contributed by atoms with Crippen LogP contribution in [0.4, 0.5) is 0 Å². The van der Waals surface area contributed by atoms with Crippen LogP contribution in [0, 0.1) is 0 Å². The molecule has 4 nitrogen and oxygen atoms in total. The van der Waals surface area contributed by atoms with Gasteiger partial charge in [-0.05, 0) is 32.7 Å². The quantitative estimate of drug-likeness (QED) is 0.325. The third-order valence-electron chi connectivity index (χ3n) is 5.27. The van der Waals surface area contributed by atoms with E-state index in [1.165, 1.54) is 12.2 Å². The second kappa shape index (κ2) is 10.2. The van der Waals surface area contributed by atoms with Crippen LogP contribution in [0.15, 0.2) is 109 Å². The highest BCUT2D eigenvalue weighted by Crippen LogP contribution is 2.19. The number of nitrogens with one attached hydrogen (secondary N) is 2. The highest BCUT2D eigenvalue weighted by atomic mass is 16.2. The Bertz CT molecular complexity index is 1210. The zero-order chi connectivity index (χ0) is 22.2. The summed E-state index contributed by atoms with van der Waals surface area (Å²) < 4.78 is 0. The molecule has 0 aliphatic carbocycles. The van der Waals surface area contributed by atoms with Crippen LogP contribution in [-0.4, -0.2) is 11.8 Å². The summed E-state index contributed by atoms with van der Waals surface area (Å²) in [6.45, 7) is 0.888. The van der Waals surface area contributed by atoms with E-state index in [9.17, 15) is 9.59 Å². The molecule has 4 aromatic carbocycles. The van der Waals surface area contributed by atoms with Crippen molar-refractivity contribution >= 4 is 33.4 Å². The van der Waals surface area contributed by atoms with Gasteiger partial charge >= 0.3 is 0 Å². The molecule has 4 rings (SSSR count). The summed E-state index contributed by atoms with van der Waals surface area (Å²) in [6.07, 6.45) is 5.96. The number of fused-ring (bicyclic) bond motifs is 2. The Balaban J connectivity index is 1.26. The normalized spacial score (nSPS) is 11.4. The van der Waals surface area contributed by atoms with E-state index in [0.717, 1.165) is 32.7 Å². The smallest absolute Gasteiger partial charge is 0.244 e. The molecule has 2 N–H and O–H groups in total. The summed E-state index contributed by atoms with van der Waals surface area (Å²) in [6, 6.07) is 28.3. The first-order valence-corrected chi connectivity index (χ1v) is 10.5. The fourth-order valence-electron chi connectivity index (χ4n) is 3.66. The largest absolute Gasteiger partial charge is 0.348 e. The second-order valence-corrected chi connectivity index (χ2v) is 7.43. The lowest BCUT2D eigenvalue weighted by molar-refractivity contribution is -0.117. The number of carbonyl (C=O) groups is 2. The van der Waals surface area contributed by atoms with E-state index in [-0.39, 0.29) is 11.8 Å². The zero-order valence-corrected chi connectivity index (χ0v) is 17.6. The van der Waals surface area contributed by atoms with Crippen LogP contribution < -0.4 is 10.6 Å². The maximum atomic E-state index is 12.1. The number of hydrogen-bond acceptors (Lipinski definition) is 2. The van der Waals surface area contributed by atoms with E-state index < -0.39 is 0 Å². The summed E-state index contributed by atoms with van der Waals surface area (Å²) >= 11 is 0. The van der Waals surface area contributed by atoms with E-state index >= 15 is 0 Å². The molecule has 0 aliphatic rings. The van der Waals surface area contributed by atoms with Crippen molar-refractivity contribution < 1.29 is 9.59 Å². The molecule has 0 unspecified atom stereocenters. The minimum absolute atomic E-state index is 0.209. The van der Waals surface area contributed by atoms with Crippen molar-refractivity contribution in [3.8, 4) is 0 Å². The van der Waals surface area contributed by atoms with Crippen molar-refractivity contribution in [2.45, 2.75) is 13.1 Å². The Morgan fingerprint density at radius 3 is 1.44 bits per heavy atom. The summed E-state index contributed by atoms with van der Waals surface area (Å²) in [5.41, 5.74) is 2.13. The third kappa shape index (κ3) is 5.29. The Morgan fingerprint density at radius 2 is 0.969 bits per heavy atom. The molecule has 2 amide bonds. The number of amides is 2. The van der Waals surface area contributed by atoms with Crippen LogP contribution in [0.5, 0.6) is 0 Å². The van der Waals surface area contributed by atoms with Gasteiger partial charge in [0.15, 0.2) is 0 Å². The summed E-state index contributed by atoms with van der Waals surface area (Å²) in [7, 11) is 0. The topological polar surface area (TPSA) is 58.2 Å². The first-order chi connectivity index (χ1) is 15.7. The van der Waals surface area contributed by atoms with E-state index in [1.54, 1.807) is 12.2 Å². The minimum Gasteiger partial charge on any atom is -0.348 e. The Morgan fingerprint density at radius 1 is 0.562 bits per heavy atom. The second-order valence-electron chi connectivity index (χ2n) is 7.43. The van der Waals surface area contributed by atoms with Gasteiger partial charge in [0.1, 0.15) is 0 Å². The number of carbonyl (C=O) groups excluding carboxylic acids is 2. The molecule has 0 aliphatic heterocycles. The van der Waals surface area contributed by atoms with Crippen molar-refractivity contribution in [2.75, 3.05) is 0 Å². The number of rotatable bonds is 7. The predicted octanol–water partition coefficient (Wildman–Crippen LogP) is 5.04. The zero-order valence-electron chi connectivity index (χ0n) is 17.6. The van der Waals surface area contributed by atoms with Crippen molar-refractivity contribution in [2.24, 2.45) is 0 Å². The van der Waals surface area contributed by atoms with Gasteiger partial charge in [-0.1, -0.05) is 97.1 Å². The molecule has 0 atom stereocenters. The molecule has 4 heteroatoms. The summed E-state index contributed by atoms with van der Waals surface area (Å²) in [4.78, 5) is 24.2. The van der Waals surface area contributed by atoms with Gasteiger partial charge in [-0.25, -0.2) is 0 Å². The molecule has 0 radical (unpaired) electrons. The maximum absolute atomic E-state index is 12.1. The van der Waals surface area contributed by atoms with Crippen LogP contribution in [0.25, 0.3) is 21.5 Å². The molecular weight excluding hydrogens is 396 g/mol. The number of benzene rings is 4. The van der Waals surface area contributed by atoms with E-state index in [0.29, 0.717) is 13.1 Å². The molecule has 0 saturated carbocycles. The van der Waals surface area contributed by atoms with Crippen molar-refractivity contribution in [3.05, 3.63) is 120 Å². The molecule has 0 saturated heterocycles. The standard InChI is InChI=1S/C28H24N2O2/c31-27(29-19-23-13-7-11-21-9-1-3-15-25(21)23)17-5-6-18-28(32)30-20-24-14-8-12-22-10-2-4-16-26(22)24/h1-18H,19-20H2,(H,29,31)(H,30,32)/b17-5-,18-6-. The van der Waals surface area contributed by atoms with Gasteiger partial charge in [0, 0.05) is 25.2 Å². The van der Waals surface area contributed by atoms with Crippen molar-refractivity contribution in [1.29, 1.82) is 0 Å². The van der Waals surface area contributed by atoms with E-state index in [4.69, 9.17) is 0 Å². The fourth-order valence-corrected chi connectivity index (χ4v) is 3.66. The molecule has 0 aromatic heterocycles. The van der Waals surface area contributed by atoms with Gasteiger partial charge in [0.25, 0.3) is 0 Å². The lowest BCUT2D eigenvalue weighted by Gasteiger charge is -2.07. The summed E-state index contributed by atoms with van der Waals surface area (Å²) in [5, 5.41) is 10.3. The average molecular weight is 421 g/mol. The average Bonchev–Trinajstić information content (AvgIpc) is 2.84. The van der Waals surface area contributed by atoms with Crippen LogP contribution in [-0.2, 0) is 22.7 Å². The highest BCUT2D eigenvalue weighted by Gasteiger charge is 2.03. The Labute approximate surface area is 187 Å². The molecule has 0 fully saturated rings. The molecule has 32 heavy (non-hydrogen) atoms. The first kappa shape index (κ1) is 21.1. The lowest BCUT2D eigenvalue weighted by Crippen LogP contribution is -2.20. The van der Waals surface area contributed by atoms with Gasteiger partial charge in [-0.3, -0.25) is 9.59 Å². The van der Waals surface area contributed by atoms with Crippen LogP contribution >= 0.6 is 0 Å². The van der Waals surface area contributed by atoms with Gasteiger partial charge in [0.2, 0.25) is 11.8 Å². The third-order valence-corrected chi connectivity index (χ3v) is 5.27. The molecule has 4 aromatic rings. The lowest BCUT2D eigenvalue weighted by atomic mass is 10.0. The monoisotopic (exact) mass is 420 g/mol. The van der Waals surface area contributed by atoms with Crippen molar-refractivity contribution in [1.82, 2.24) is 10.6 Å². The van der Waals surface area contributed by atoms with E-state index in [2.05, 4.69) is 34.9 Å². The molecule has 158 valence electrons. The van der Waals surface area contributed by atoms with Crippen LogP contribution in [0.1, 0.15) is 11.1 Å². The van der Waals surface area contributed by atoms with Gasteiger partial charge < -0.3 is 10.6 Å². The molecule has 0 heterocycles. The minimum atomic E-state index is -0.209. The SMILES string of the molecule is O=C(/C=C\C=C/C(=O)NCc1cccc2ccccc12)NCc1cccc2ccccc12.